The van der Waals surface area contributed by atoms with Gasteiger partial charge in [-0.3, -0.25) is 9.59 Å². The summed E-state index contributed by atoms with van der Waals surface area (Å²) in [6.07, 6.45) is 5.16. The summed E-state index contributed by atoms with van der Waals surface area (Å²) in [4.78, 5) is 26.3. The number of imide groups is 1. The van der Waals surface area contributed by atoms with E-state index in [0.29, 0.717) is 29.8 Å². The Balaban J connectivity index is 1.71. The molecule has 1 aromatic carbocycles. The second kappa shape index (κ2) is 6.71. The van der Waals surface area contributed by atoms with Crippen LogP contribution in [0.1, 0.15) is 39.0 Å². The minimum atomic E-state index is -0.268. The molecule has 0 radical (unpaired) electrons. The van der Waals surface area contributed by atoms with Crippen LogP contribution in [0.2, 0.25) is 0 Å². The quantitative estimate of drug-likeness (QED) is 0.855. The fraction of sp³-hybridized carbons (Fsp3) is 0.556. The van der Waals surface area contributed by atoms with Gasteiger partial charge in [0.15, 0.2) is 6.04 Å². The minimum Gasteiger partial charge on any atom is -0.497 e. The highest BCUT2D eigenvalue weighted by Crippen LogP contribution is 2.25. The molecule has 1 aromatic rings. The lowest BCUT2D eigenvalue weighted by atomic mass is 9.85. The van der Waals surface area contributed by atoms with Crippen molar-refractivity contribution in [1.29, 1.82) is 0 Å². The number of hydrogen-bond acceptors (Lipinski definition) is 3. The lowest BCUT2D eigenvalue weighted by Crippen LogP contribution is -2.97. The number of rotatable bonds is 4. The van der Waals surface area contributed by atoms with Crippen LogP contribution < -0.4 is 15.0 Å². The van der Waals surface area contributed by atoms with Crippen LogP contribution >= 0.6 is 0 Å². The summed E-state index contributed by atoms with van der Waals surface area (Å²) < 4.78 is 5.12. The van der Waals surface area contributed by atoms with E-state index in [2.05, 4.69) is 12.2 Å². The lowest BCUT2D eigenvalue weighted by Gasteiger charge is -2.28. The topological polar surface area (TPSA) is 63.2 Å². The summed E-state index contributed by atoms with van der Waals surface area (Å²) in [5, 5.41) is 2.15. The molecule has 124 valence electrons. The molecule has 2 amide bonds. The third-order valence-corrected chi connectivity index (χ3v) is 5.17. The Kier molecular flexibility index (Phi) is 4.66. The van der Waals surface area contributed by atoms with Crippen molar-refractivity contribution in [2.45, 2.75) is 51.1 Å². The molecule has 5 heteroatoms. The van der Waals surface area contributed by atoms with E-state index in [1.807, 2.05) is 0 Å². The highest BCUT2D eigenvalue weighted by molar-refractivity contribution is 6.21. The molecule has 2 fully saturated rings. The molecular weight excluding hydrogens is 292 g/mol. The molecule has 2 N–H and O–H groups in total. The van der Waals surface area contributed by atoms with E-state index >= 15 is 0 Å². The van der Waals surface area contributed by atoms with Crippen molar-refractivity contribution < 1.29 is 19.6 Å². The second-order valence-electron chi connectivity index (χ2n) is 6.69. The van der Waals surface area contributed by atoms with E-state index in [9.17, 15) is 9.59 Å². The minimum absolute atomic E-state index is 0.0852. The van der Waals surface area contributed by atoms with Gasteiger partial charge in [0, 0.05) is 5.92 Å². The molecule has 0 spiro atoms. The number of benzene rings is 1. The van der Waals surface area contributed by atoms with Gasteiger partial charge < -0.3 is 10.1 Å². The standard InChI is InChI=1S/C18H24N2O3/c1-12-5-3-4-6-15(12)19-16-11-17(21)20(18(16)22)13-7-9-14(23-2)10-8-13/h7-10,12,15-16,19H,3-6,11H2,1-2H3/p+1/t12-,15-,16+/m0/s1. The summed E-state index contributed by atoms with van der Waals surface area (Å²) in [7, 11) is 1.59. The summed E-state index contributed by atoms with van der Waals surface area (Å²) in [6, 6.07) is 7.27. The van der Waals surface area contributed by atoms with Gasteiger partial charge in [-0.2, -0.15) is 0 Å². The van der Waals surface area contributed by atoms with E-state index in [1.54, 1.807) is 31.4 Å². The molecule has 0 unspecified atom stereocenters. The zero-order valence-corrected chi connectivity index (χ0v) is 13.8. The fourth-order valence-corrected chi connectivity index (χ4v) is 3.74. The maximum absolute atomic E-state index is 12.7. The van der Waals surface area contributed by atoms with Crippen LogP contribution in [0, 0.1) is 5.92 Å². The first-order chi connectivity index (χ1) is 11.1. The first kappa shape index (κ1) is 16.0. The van der Waals surface area contributed by atoms with Gasteiger partial charge in [0.05, 0.1) is 25.3 Å². The Morgan fingerprint density at radius 3 is 2.48 bits per heavy atom. The first-order valence-corrected chi connectivity index (χ1v) is 8.46. The molecule has 3 atom stereocenters. The Bertz CT molecular complexity index is 584. The molecule has 1 aliphatic carbocycles. The Morgan fingerprint density at radius 1 is 1.13 bits per heavy atom. The number of methoxy groups -OCH3 is 1. The molecule has 1 heterocycles. The van der Waals surface area contributed by atoms with Crippen molar-refractivity contribution in [3.63, 3.8) is 0 Å². The number of carbonyl (C=O) groups excluding carboxylic acids is 2. The molecule has 23 heavy (non-hydrogen) atoms. The van der Waals surface area contributed by atoms with Gasteiger partial charge in [0.2, 0.25) is 5.91 Å². The highest BCUT2D eigenvalue weighted by Gasteiger charge is 2.44. The number of hydrogen-bond donors (Lipinski definition) is 1. The summed E-state index contributed by atoms with van der Waals surface area (Å²) in [5.41, 5.74) is 0.633. The first-order valence-electron chi connectivity index (χ1n) is 8.46. The van der Waals surface area contributed by atoms with Gasteiger partial charge in [-0.25, -0.2) is 4.90 Å². The Hall–Kier alpha value is -1.88. The van der Waals surface area contributed by atoms with E-state index < -0.39 is 0 Å². The Morgan fingerprint density at radius 2 is 1.83 bits per heavy atom. The Labute approximate surface area is 137 Å². The van der Waals surface area contributed by atoms with Gasteiger partial charge in [0.25, 0.3) is 5.91 Å². The second-order valence-corrected chi connectivity index (χ2v) is 6.69. The van der Waals surface area contributed by atoms with Crippen LogP contribution in [0.15, 0.2) is 24.3 Å². The molecule has 1 aliphatic heterocycles. The average Bonchev–Trinajstić information content (AvgIpc) is 2.84. The van der Waals surface area contributed by atoms with Crippen molar-refractivity contribution in [2.24, 2.45) is 5.92 Å². The van der Waals surface area contributed by atoms with Gasteiger partial charge in [0.1, 0.15) is 5.75 Å². The molecule has 0 aromatic heterocycles. The lowest BCUT2D eigenvalue weighted by molar-refractivity contribution is -0.715. The van der Waals surface area contributed by atoms with E-state index in [1.165, 1.54) is 24.2 Å². The van der Waals surface area contributed by atoms with Crippen molar-refractivity contribution in [3.8, 4) is 5.75 Å². The van der Waals surface area contributed by atoms with Gasteiger partial charge in [-0.15, -0.1) is 0 Å². The highest BCUT2D eigenvalue weighted by atomic mass is 16.5. The van der Waals surface area contributed by atoms with Crippen LogP contribution in [0.25, 0.3) is 0 Å². The van der Waals surface area contributed by atoms with Crippen molar-refractivity contribution in [2.75, 3.05) is 12.0 Å². The largest absolute Gasteiger partial charge is 0.497 e. The maximum Gasteiger partial charge on any atom is 0.292 e. The molecule has 5 nitrogen and oxygen atoms in total. The van der Waals surface area contributed by atoms with Crippen LogP contribution in [0.3, 0.4) is 0 Å². The van der Waals surface area contributed by atoms with E-state index in [0.717, 1.165) is 6.42 Å². The zero-order valence-electron chi connectivity index (χ0n) is 13.8. The SMILES string of the molecule is COc1ccc(N2C(=O)C[C@@H]([NH2+][C@H]3CCCC[C@@H]3C)C2=O)cc1. The number of anilines is 1. The third-order valence-electron chi connectivity index (χ3n) is 5.17. The summed E-state index contributed by atoms with van der Waals surface area (Å²) in [6.45, 7) is 2.25. The number of nitrogens with zero attached hydrogens (tertiary/aromatic N) is 1. The monoisotopic (exact) mass is 317 g/mol. The van der Waals surface area contributed by atoms with Crippen molar-refractivity contribution in [1.82, 2.24) is 0 Å². The van der Waals surface area contributed by atoms with Gasteiger partial charge >= 0.3 is 0 Å². The van der Waals surface area contributed by atoms with Crippen molar-refractivity contribution in [3.05, 3.63) is 24.3 Å². The molecule has 2 aliphatic rings. The normalized spacial score (nSPS) is 28.3. The molecule has 3 rings (SSSR count). The molecule has 1 saturated carbocycles. The number of quaternary nitrogens is 1. The van der Waals surface area contributed by atoms with Crippen molar-refractivity contribution >= 4 is 17.5 Å². The number of amides is 2. The molecule has 1 saturated heterocycles. The van der Waals surface area contributed by atoms with Gasteiger partial charge in [-0.1, -0.05) is 13.3 Å². The number of carbonyl (C=O) groups is 2. The number of nitrogens with two attached hydrogens (primary N) is 1. The van der Waals surface area contributed by atoms with Crippen LogP contribution in [-0.4, -0.2) is 31.0 Å². The van der Waals surface area contributed by atoms with Gasteiger partial charge in [-0.05, 0) is 43.5 Å². The zero-order chi connectivity index (χ0) is 16.4. The van der Waals surface area contributed by atoms with Crippen LogP contribution in [0.5, 0.6) is 5.75 Å². The average molecular weight is 317 g/mol. The van der Waals surface area contributed by atoms with Crippen LogP contribution in [0.4, 0.5) is 5.69 Å². The molecular formula is C18H25N2O3+. The molecule has 0 bridgehead atoms. The smallest absolute Gasteiger partial charge is 0.292 e. The number of ether oxygens (including phenoxy) is 1. The summed E-state index contributed by atoms with van der Waals surface area (Å²) in [5.74, 6) is 1.14. The van der Waals surface area contributed by atoms with E-state index in [4.69, 9.17) is 4.74 Å². The fourth-order valence-electron chi connectivity index (χ4n) is 3.74. The predicted octanol–water partition coefficient (Wildman–Crippen LogP) is 1.47. The maximum atomic E-state index is 12.7. The third kappa shape index (κ3) is 3.24. The van der Waals surface area contributed by atoms with E-state index in [-0.39, 0.29) is 17.9 Å². The van der Waals surface area contributed by atoms with Crippen LogP contribution in [-0.2, 0) is 9.59 Å². The predicted molar refractivity (Wildman–Crippen MR) is 87.2 cm³/mol. The summed E-state index contributed by atoms with van der Waals surface area (Å²) >= 11 is 0.